The zero-order valence-corrected chi connectivity index (χ0v) is 36.1. The molecule has 0 saturated carbocycles. The molecule has 0 fully saturated rings. The molecule has 0 atom stereocenters. The molecule has 0 radical (unpaired) electrons. The number of rotatable bonds is 17. The van der Waals surface area contributed by atoms with E-state index in [0.29, 0.717) is 30.3 Å². The van der Waals surface area contributed by atoms with Crippen LogP contribution >= 0.6 is 34.3 Å². The fourth-order valence-corrected chi connectivity index (χ4v) is 8.49. The van der Waals surface area contributed by atoms with E-state index >= 15 is 0 Å². The number of hydrogen-bond donors (Lipinski definition) is 2. The van der Waals surface area contributed by atoms with E-state index in [2.05, 4.69) is 17.2 Å². The maximum atomic E-state index is 11.5. The van der Waals surface area contributed by atoms with Gasteiger partial charge in [0.15, 0.2) is 19.7 Å². The van der Waals surface area contributed by atoms with Crippen LogP contribution < -0.4 is 40.2 Å². The van der Waals surface area contributed by atoms with Crippen LogP contribution in [0.15, 0.2) is 12.0 Å². The van der Waals surface area contributed by atoms with Crippen LogP contribution in [0.1, 0.15) is 21.3 Å². The van der Waals surface area contributed by atoms with Gasteiger partial charge in [0.1, 0.15) is 9.15 Å². The Balaban J connectivity index is -0.000000124. The second-order valence-corrected chi connectivity index (χ2v) is 18.4. The van der Waals surface area contributed by atoms with E-state index < -0.39 is 48.3 Å². The topological polar surface area (TPSA) is 235 Å². The van der Waals surface area contributed by atoms with Gasteiger partial charge in [-0.2, -0.15) is 36.2 Å². The van der Waals surface area contributed by atoms with Crippen molar-refractivity contribution in [2.24, 2.45) is 0 Å². The summed E-state index contributed by atoms with van der Waals surface area (Å²) in [6.07, 6.45) is 0. The van der Waals surface area contributed by atoms with Gasteiger partial charge >= 0.3 is 82.4 Å². The molecule has 2 N–H and O–H groups in total. The molecule has 0 aliphatic rings. The summed E-state index contributed by atoms with van der Waals surface area (Å²) in [5.41, 5.74) is 0. The van der Waals surface area contributed by atoms with Gasteiger partial charge in [0.05, 0.1) is 17.3 Å². The van der Waals surface area contributed by atoms with Crippen molar-refractivity contribution in [3.63, 3.8) is 0 Å². The normalized spacial score (nSPS) is 10.2. The molecule has 0 aromatic carbocycles. The Labute approximate surface area is 317 Å². The van der Waals surface area contributed by atoms with Crippen molar-refractivity contribution in [2.45, 2.75) is 21.3 Å². The Morgan fingerprint density at radius 3 is 1.50 bits per heavy atom. The fraction of sp³-hybridized carbons (Fsp3) is 0.765. The summed E-state index contributed by atoms with van der Waals surface area (Å²) in [7, 11) is -13.7. The summed E-state index contributed by atoms with van der Waals surface area (Å²) in [6.45, 7) is 7.12. The molecule has 0 aliphatic heterocycles. The number of hydrogen-bond acceptors (Lipinski definition) is 15. The van der Waals surface area contributed by atoms with Gasteiger partial charge in [-0.25, -0.2) is 25.3 Å². The first-order valence-electron chi connectivity index (χ1n) is 11.1. The first-order valence-corrected chi connectivity index (χ1v) is 30.2. The molecule has 0 spiro atoms. The number of nitrogens with one attached hydrogen (secondary N) is 2. The predicted octanol–water partition coefficient (Wildman–Crippen LogP) is -4.25. The van der Waals surface area contributed by atoms with Crippen LogP contribution in [0.4, 0.5) is 0 Å². The molecule has 0 saturated heterocycles. The molecular weight excluding hydrogens is 750 g/mol. The van der Waals surface area contributed by atoms with Gasteiger partial charge in [-0.15, -0.1) is 0 Å². The van der Waals surface area contributed by atoms with Crippen molar-refractivity contribution < 1.29 is 81.6 Å². The van der Waals surface area contributed by atoms with Gasteiger partial charge in [0.25, 0.3) is 0 Å². The minimum absolute atomic E-state index is 0. The Morgan fingerprint density at radius 2 is 1.19 bits per heavy atom. The molecule has 236 valence electrons. The standard InChI is InChI=1S/C8H17NO6S4.C8H15NO3S2.CH4.3Na.O3S2/c1-8(10)9-2-3-16-4-6-18(11,12)7-5-17-19(13,14)15;1-3-14(11,12)7-6-13-5-4-9-8(2)10;;;;;1-4-5(2)3/h2-7H2,1H3,(H,9,10)(H,13,14,15);3H,1,4-7H2,2H3,(H,9,10);1H4;;;;/q;;;;;+1;/p-1. The predicted molar refractivity (Wildman–Crippen MR) is 172 cm³/mol. The summed E-state index contributed by atoms with van der Waals surface area (Å²) < 4.78 is 103. The first kappa shape index (κ1) is 56.7. The molecule has 0 aromatic rings. The van der Waals surface area contributed by atoms with Crippen LogP contribution in [0.25, 0.3) is 0 Å². The van der Waals surface area contributed by atoms with Gasteiger partial charge in [0, 0.05) is 61.1 Å². The molecule has 0 aromatic heterocycles. The van der Waals surface area contributed by atoms with Gasteiger partial charge in [-0.1, -0.05) is 14.0 Å². The monoisotopic (exact) mass is 784 g/mol. The SMILES string of the molecule is C.C=CS(=O)(=O)CCSCCNC(C)=O.CC(=O)NCCSCCS(=O)(=O)CCSS(=O)(=O)[O-].O=S=S(=O)=O.[Na+].[Na][Na]. The summed E-state index contributed by atoms with van der Waals surface area (Å²) in [5, 5.41) is 6.18. The van der Waals surface area contributed by atoms with Gasteiger partial charge in [-0.05, 0) is 10.8 Å². The van der Waals surface area contributed by atoms with Gasteiger partial charge in [-0.3, -0.25) is 9.59 Å². The molecule has 0 unspecified atom stereocenters. The molecule has 0 aliphatic carbocycles. The van der Waals surface area contributed by atoms with Crippen LogP contribution in [-0.4, -0.2) is 157 Å². The second-order valence-electron chi connectivity index (χ2n) is 6.38. The van der Waals surface area contributed by atoms with E-state index in [-0.39, 0.29) is 82.6 Å². The average Bonchev–Trinajstić information content (AvgIpc) is 2.84. The van der Waals surface area contributed by atoms with Crippen LogP contribution in [0, 0.1) is 0 Å². The van der Waals surface area contributed by atoms with Crippen molar-refractivity contribution >= 4 is 138 Å². The zero-order valence-electron chi connectivity index (χ0n) is 23.5. The van der Waals surface area contributed by atoms with Crippen molar-refractivity contribution in [2.75, 3.05) is 59.1 Å². The van der Waals surface area contributed by atoms with Crippen LogP contribution in [0.2, 0.25) is 0 Å². The number of amides is 2. The maximum absolute atomic E-state index is 11.5. The summed E-state index contributed by atoms with van der Waals surface area (Å²) in [5.74, 6) is 1.51. The molecule has 14 nitrogen and oxygen atoms in total. The summed E-state index contributed by atoms with van der Waals surface area (Å²) in [6, 6.07) is 0. The first-order chi connectivity index (χ1) is 18.4. The Hall–Kier alpha value is 2.38. The number of sulfone groups is 2. The Kier molecular flexibility index (Phi) is 48.9. The van der Waals surface area contributed by atoms with E-state index in [9.17, 15) is 39.4 Å². The molecule has 25 heteroatoms. The van der Waals surface area contributed by atoms with E-state index in [4.69, 9.17) is 12.6 Å². The minimum atomic E-state index is -4.43. The van der Waals surface area contributed by atoms with Gasteiger partial charge in [0.2, 0.25) is 22.0 Å². The Bertz CT molecular complexity index is 1200. The Morgan fingerprint density at radius 1 is 0.833 bits per heavy atom. The van der Waals surface area contributed by atoms with Crippen molar-refractivity contribution in [3.05, 3.63) is 12.0 Å². The number of carbonyl (C=O) groups excluding carboxylic acids is 2. The van der Waals surface area contributed by atoms with Crippen LogP contribution in [0.3, 0.4) is 0 Å². The van der Waals surface area contributed by atoms with Gasteiger partial charge < -0.3 is 15.2 Å². The molecular formula is C17H35N2Na3O12S8. The average molecular weight is 785 g/mol. The third kappa shape index (κ3) is 58.0. The molecule has 0 heterocycles. The van der Waals surface area contributed by atoms with Crippen molar-refractivity contribution in [1.29, 1.82) is 0 Å². The number of thioether (sulfide) groups is 2. The van der Waals surface area contributed by atoms with E-state index in [1.165, 1.54) is 81.0 Å². The van der Waals surface area contributed by atoms with E-state index in [0.717, 1.165) is 11.2 Å². The molecule has 2 amide bonds. The van der Waals surface area contributed by atoms with E-state index in [1.54, 1.807) is 0 Å². The zero-order chi connectivity index (χ0) is 32.3. The second kappa shape index (κ2) is 36.2. The molecule has 0 bridgehead atoms. The van der Waals surface area contributed by atoms with Crippen molar-refractivity contribution in [1.82, 2.24) is 10.6 Å². The van der Waals surface area contributed by atoms with Crippen molar-refractivity contribution in [3.8, 4) is 0 Å². The molecule has 0 rings (SSSR count). The van der Waals surface area contributed by atoms with E-state index in [1.807, 2.05) is 0 Å². The van der Waals surface area contributed by atoms with Crippen LogP contribution in [0.5, 0.6) is 0 Å². The fourth-order valence-electron chi connectivity index (χ4n) is 1.61. The summed E-state index contributed by atoms with van der Waals surface area (Å²) in [4.78, 5) is 21.0. The quantitative estimate of drug-likeness (QED) is 0.0615. The van der Waals surface area contributed by atoms with Crippen LogP contribution in [-0.2, 0) is 57.9 Å². The molecule has 42 heavy (non-hydrogen) atoms. The number of carbonyl (C=O) groups is 2. The third-order valence-corrected chi connectivity index (χ3v) is 11.4. The summed E-state index contributed by atoms with van der Waals surface area (Å²) >= 11 is 5.77. The third-order valence-electron chi connectivity index (χ3n) is 3.22.